The number of nitrogens with zero attached hydrogens (tertiary/aromatic N) is 1. The van der Waals surface area contributed by atoms with Gasteiger partial charge in [-0.1, -0.05) is 12.1 Å². The normalized spacial score (nSPS) is 23.3. The smallest absolute Gasteiger partial charge is 0.321 e. The molecule has 2 aromatic rings. The molecule has 1 aromatic heterocycles. The highest BCUT2D eigenvalue weighted by atomic mass is 32.2. The van der Waals surface area contributed by atoms with Crippen molar-refractivity contribution >= 4 is 28.6 Å². The number of aliphatic carboxylic acids is 1. The van der Waals surface area contributed by atoms with Crippen LogP contribution < -0.4 is 5.32 Å². The summed E-state index contributed by atoms with van der Waals surface area (Å²) < 4.78 is 0. The molecule has 1 aromatic carbocycles. The number of carboxylic acid groups (broad SMARTS) is 1. The highest BCUT2D eigenvalue weighted by molar-refractivity contribution is 7.99. The lowest BCUT2D eigenvalue weighted by Crippen LogP contribution is -2.33. The third-order valence-corrected chi connectivity index (χ3v) is 4.28. The van der Waals surface area contributed by atoms with E-state index in [0.717, 1.165) is 16.5 Å². The Balaban J connectivity index is 1.89. The van der Waals surface area contributed by atoms with Crippen LogP contribution in [0.2, 0.25) is 0 Å². The van der Waals surface area contributed by atoms with Gasteiger partial charge in [-0.05, 0) is 23.8 Å². The van der Waals surface area contributed by atoms with Gasteiger partial charge >= 0.3 is 5.97 Å². The van der Waals surface area contributed by atoms with Crippen LogP contribution in [0.25, 0.3) is 10.9 Å². The molecular weight excluding hydrogens is 248 g/mol. The summed E-state index contributed by atoms with van der Waals surface area (Å²) in [4.78, 5) is 15.2. The molecule has 18 heavy (non-hydrogen) atoms. The molecule has 0 aliphatic carbocycles. The van der Waals surface area contributed by atoms with E-state index in [2.05, 4.69) is 16.4 Å². The number of thioether (sulfide) groups is 1. The lowest BCUT2D eigenvalue weighted by molar-refractivity contribution is -0.138. The van der Waals surface area contributed by atoms with Gasteiger partial charge in [0.15, 0.2) is 0 Å². The molecule has 2 atom stereocenters. The number of nitrogens with one attached hydrogen (secondary N) is 1. The molecular formula is C13H12N2O2S. The van der Waals surface area contributed by atoms with Crippen LogP contribution in [-0.2, 0) is 4.79 Å². The maximum absolute atomic E-state index is 10.9. The molecule has 5 heteroatoms. The van der Waals surface area contributed by atoms with Crippen molar-refractivity contribution < 1.29 is 9.90 Å². The molecule has 0 amide bonds. The Bertz CT molecular complexity index is 602. The Kier molecular flexibility index (Phi) is 2.93. The highest BCUT2D eigenvalue weighted by Gasteiger charge is 2.30. The molecule has 1 fully saturated rings. The fourth-order valence-electron chi connectivity index (χ4n) is 2.06. The molecule has 0 saturated carbocycles. The average Bonchev–Trinajstić information content (AvgIpc) is 2.88. The molecule has 1 aliphatic rings. The molecule has 0 spiro atoms. The molecule has 1 aliphatic heterocycles. The number of carboxylic acids is 1. The molecule has 2 N–H and O–H groups in total. The van der Waals surface area contributed by atoms with Crippen LogP contribution in [0.3, 0.4) is 0 Å². The fourth-order valence-corrected chi connectivity index (χ4v) is 3.29. The quantitative estimate of drug-likeness (QED) is 0.865. The zero-order chi connectivity index (χ0) is 12.5. The van der Waals surface area contributed by atoms with Gasteiger partial charge in [0.25, 0.3) is 0 Å². The summed E-state index contributed by atoms with van der Waals surface area (Å²) in [6, 6.07) is 9.51. The largest absolute Gasteiger partial charge is 0.480 e. The zero-order valence-electron chi connectivity index (χ0n) is 9.54. The molecule has 0 radical (unpaired) electrons. The van der Waals surface area contributed by atoms with E-state index >= 15 is 0 Å². The van der Waals surface area contributed by atoms with E-state index in [1.165, 1.54) is 0 Å². The second-order valence-electron chi connectivity index (χ2n) is 4.23. The number of fused-ring (bicyclic) bond motifs is 1. The van der Waals surface area contributed by atoms with Crippen LogP contribution in [0.15, 0.2) is 36.5 Å². The third-order valence-electron chi connectivity index (χ3n) is 3.01. The van der Waals surface area contributed by atoms with Crippen LogP contribution in [0, 0.1) is 0 Å². The average molecular weight is 260 g/mol. The minimum Gasteiger partial charge on any atom is -0.480 e. The molecule has 3 rings (SSSR count). The molecule has 1 saturated heterocycles. The third kappa shape index (κ3) is 2.07. The van der Waals surface area contributed by atoms with Gasteiger partial charge in [0.1, 0.15) is 6.04 Å². The van der Waals surface area contributed by atoms with Crippen LogP contribution in [0.4, 0.5) is 0 Å². The predicted octanol–water partition coefficient (Wildman–Crippen LogP) is 2.02. The number of aromatic nitrogens is 1. The van der Waals surface area contributed by atoms with Crippen LogP contribution in [-0.4, -0.2) is 27.9 Å². The zero-order valence-corrected chi connectivity index (χ0v) is 10.4. The molecule has 92 valence electrons. The topological polar surface area (TPSA) is 62.2 Å². The number of rotatable bonds is 2. The van der Waals surface area contributed by atoms with Gasteiger partial charge in [-0.3, -0.25) is 15.1 Å². The van der Waals surface area contributed by atoms with Crippen molar-refractivity contribution in [1.82, 2.24) is 10.3 Å². The van der Waals surface area contributed by atoms with Gasteiger partial charge in [-0.2, -0.15) is 0 Å². The maximum atomic E-state index is 10.9. The fraction of sp³-hybridized carbons (Fsp3) is 0.231. The van der Waals surface area contributed by atoms with Gasteiger partial charge in [-0.25, -0.2) is 0 Å². The summed E-state index contributed by atoms with van der Waals surface area (Å²) in [7, 11) is 0. The predicted molar refractivity (Wildman–Crippen MR) is 71.5 cm³/mol. The molecule has 0 bridgehead atoms. The van der Waals surface area contributed by atoms with Gasteiger partial charge < -0.3 is 5.11 Å². The van der Waals surface area contributed by atoms with Crippen molar-refractivity contribution in [3.8, 4) is 0 Å². The first-order valence-electron chi connectivity index (χ1n) is 5.69. The van der Waals surface area contributed by atoms with E-state index in [1.807, 2.05) is 24.3 Å². The van der Waals surface area contributed by atoms with Gasteiger partial charge in [0.2, 0.25) is 0 Å². The lowest BCUT2D eigenvalue weighted by Gasteiger charge is -2.11. The maximum Gasteiger partial charge on any atom is 0.321 e. The standard InChI is InChI=1S/C13H12N2O2S/c16-13(17)11-7-18-12(15-11)9-3-4-10-8(6-9)2-1-5-14-10/h1-6,11-12,15H,7H2,(H,16,17)/t11-,12?/m0/s1. The van der Waals surface area contributed by atoms with Crippen molar-refractivity contribution in [2.45, 2.75) is 11.4 Å². The minimum absolute atomic E-state index is 0.0516. The van der Waals surface area contributed by atoms with Crippen molar-refractivity contribution in [3.63, 3.8) is 0 Å². The monoisotopic (exact) mass is 260 g/mol. The summed E-state index contributed by atoms with van der Waals surface area (Å²) >= 11 is 1.63. The van der Waals surface area contributed by atoms with Crippen molar-refractivity contribution in [1.29, 1.82) is 0 Å². The van der Waals surface area contributed by atoms with Crippen molar-refractivity contribution in [2.75, 3.05) is 5.75 Å². The van der Waals surface area contributed by atoms with Crippen molar-refractivity contribution in [2.24, 2.45) is 0 Å². The van der Waals surface area contributed by atoms with E-state index in [4.69, 9.17) is 5.11 Å². The van der Waals surface area contributed by atoms with E-state index in [9.17, 15) is 4.79 Å². The summed E-state index contributed by atoms with van der Waals surface area (Å²) in [6.07, 6.45) is 1.77. The van der Waals surface area contributed by atoms with Crippen LogP contribution in [0.1, 0.15) is 10.9 Å². The van der Waals surface area contributed by atoms with E-state index < -0.39 is 12.0 Å². The Morgan fingerprint density at radius 3 is 3.11 bits per heavy atom. The Morgan fingerprint density at radius 2 is 2.33 bits per heavy atom. The molecule has 4 nitrogen and oxygen atoms in total. The van der Waals surface area contributed by atoms with Gasteiger partial charge in [0, 0.05) is 17.3 Å². The van der Waals surface area contributed by atoms with Crippen LogP contribution >= 0.6 is 11.8 Å². The Labute approximate surface area is 108 Å². The van der Waals surface area contributed by atoms with Gasteiger partial charge in [-0.15, -0.1) is 11.8 Å². The van der Waals surface area contributed by atoms with E-state index in [1.54, 1.807) is 18.0 Å². The summed E-state index contributed by atoms with van der Waals surface area (Å²) in [6.45, 7) is 0. The second-order valence-corrected chi connectivity index (χ2v) is 5.36. The Hall–Kier alpha value is -1.59. The van der Waals surface area contributed by atoms with Gasteiger partial charge in [0.05, 0.1) is 10.9 Å². The first kappa shape index (κ1) is 11.5. The summed E-state index contributed by atoms with van der Waals surface area (Å²) in [5, 5.41) is 13.2. The SMILES string of the molecule is O=C(O)[C@@H]1CSC(c2ccc3ncccc3c2)N1. The molecule has 1 unspecified atom stereocenters. The number of pyridine rings is 1. The summed E-state index contributed by atoms with van der Waals surface area (Å²) in [5.41, 5.74) is 2.06. The van der Waals surface area contributed by atoms with E-state index in [0.29, 0.717) is 5.75 Å². The second kappa shape index (κ2) is 4.59. The molecule has 2 heterocycles. The van der Waals surface area contributed by atoms with Crippen molar-refractivity contribution in [3.05, 3.63) is 42.1 Å². The lowest BCUT2D eigenvalue weighted by atomic mass is 10.1. The number of hydrogen-bond donors (Lipinski definition) is 2. The summed E-state index contributed by atoms with van der Waals surface area (Å²) in [5.74, 6) is -0.183. The van der Waals surface area contributed by atoms with E-state index in [-0.39, 0.29) is 5.37 Å². The first-order chi connectivity index (χ1) is 8.74. The Morgan fingerprint density at radius 1 is 1.44 bits per heavy atom. The number of benzene rings is 1. The van der Waals surface area contributed by atoms with Crippen LogP contribution in [0.5, 0.6) is 0 Å². The first-order valence-corrected chi connectivity index (χ1v) is 6.74. The minimum atomic E-state index is -0.785. The number of carbonyl (C=O) groups is 1. The number of hydrogen-bond acceptors (Lipinski definition) is 4. The highest BCUT2D eigenvalue weighted by Crippen LogP contribution is 2.33.